The highest BCUT2D eigenvalue weighted by Crippen LogP contribution is 2.30. The third-order valence-corrected chi connectivity index (χ3v) is 4.41. The molecule has 1 aliphatic heterocycles. The van der Waals surface area contributed by atoms with Crippen molar-refractivity contribution in [2.75, 3.05) is 0 Å². The van der Waals surface area contributed by atoms with Gasteiger partial charge >= 0.3 is 5.97 Å². The number of nitrogens with zero attached hydrogens (tertiary/aromatic N) is 1. The number of hydrogen-bond donors (Lipinski definition) is 1. The lowest BCUT2D eigenvalue weighted by molar-refractivity contribution is -0.136. The highest BCUT2D eigenvalue weighted by atomic mass is 16.4. The largest absolute Gasteiger partial charge is 0.478 e. The monoisotopic (exact) mass is 265 g/mol. The van der Waals surface area contributed by atoms with Crippen molar-refractivity contribution < 1.29 is 14.7 Å². The molecular weight excluding hydrogens is 242 g/mol. The summed E-state index contributed by atoms with van der Waals surface area (Å²) < 4.78 is 0. The van der Waals surface area contributed by atoms with Crippen LogP contribution in [0.3, 0.4) is 0 Å². The van der Waals surface area contributed by atoms with Crippen LogP contribution in [0.2, 0.25) is 0 Å². The summed E-state index contributed by atoms with van der Waals surface area (Å²) in [6, 6.07) is 0.446. The molecule has 0 spiro atoms. The maximum atomic E-state index is 12.7. The van der Waals surface area contributed by atoms with E-state index in [1.54, 1.807) is 0 Å². The van der Waals surface area contributed by atoms with Crippen molar-refractivity contribution in [2.24, 2.45) is 0 Å². The minimum atomic E-state index is -0.916. The van der Waals surface area contributed by atoms with Gasteiger partial charge in [-0.1, -0.05) is 0 Å². The van der Waals surface area contributed by atoms with Gasteiger partial charge in [0.25, 0.3) is 5.91 Å². The molecule has 2 aliphatic rings. The average Bonchev–Trinajstić information content (AvgIpc) is 2.38. The average molecular weight is 265 g/mol. The zero-order valence-electron chi connectivity index (χ0n) is 11.8. The van der Waals surface area contributed by atoms with E-state index in [1.165, 1.54) is 0 Å². The van der Waals surface area contributed by atoms with Gasteiger partial charge in [-0.15, -0.1) is 0 Å². The van der Waals surface area contributed by atoms with Gasteiger partial charge in [-0.05, 0) is 58.8 Å². The Hall–Kier alpha value is -1.32. The maximum Gasteiger partial charge on any atom is 0.332 e. The highest BCUT2D eigenvalue weighted by Gasteiger charge is 2.33. The van der Waals surface area contributed by atoms with Crippen LogP contribution >= 0.6 is 0 Å². The van der Waals surface area contributed by atoms with Crippen LogP contribution in [0.25, 0.3) is 0 Å². The summed E-state index contributed by atoms with van der Waals surface area (Å²) in [7, 11) is 0. The second-order valence-corrected chi connectivity index (χ2v) is 5.81. The molecule has 0 aromatic heterocycles. The molecule has 0 aromatic carbocycles. The molecule has 0 aromatic rings. The Kier molecular flexibility index (Phi) is 4.27. The molecule has 1 heterocycles. The molecule has 4 heteroatoms. The van der Waals surface area contributed by atoms with Crippen LogP contribution in [-0.4, -0.2) is 34.0 Å². The number of carboxylic acids is 1. The standard InChI is InChI=1S/C15H23NO3/c1-10-6-5-7-11(2)16(10)14(17)12-8-3-4-9-13(12)15(18)19/h10-11H,3-9H2,1-2H3,(H,18,19). The Balaban J connectivity index is 2.28. The molecule has 0 bridgehead atoms. The molecule has 1 amide bonds. The van der Waals surface area contributed by atoms with Gasteiger partial charge in [-0.2, -0.15) is 0 Å². The molecule has 106 valence electrons. The Morgan fingerprint density at radius 1 is 1.00 bits per heavy atom. The number of amides is 1. The smallest absolute Gasteiger partial charge is 0.332 e. The Bertz CT molecular complexity index is 404. The first-order valence-corrected chi connectivity index (χ1v) is 7.30. The molecule has 1 aliphatic carbocycles. The summed E-state index contributed by atoms with van der Waals surface area (Å²) in [6.07, 6.45) is 6.15. The molecule has 2 rings (SSSR count). The number of piperidine rings is 1. The molecule has 1 saturated heterocycles. The van der Waals surface area contributed by atoms with E-state index >= 15 is 0 Å². The number of likely N-dealkylation sites (tertiary alicyclic amines) is 1. The van der Waals surface area contributed by atoms with Crippen LogP contribution in [0.4, 0.5) is 0 Å². The van der Waals surface area contributed by atoms with Gasteiger partial charge in [0.15, 0.2) is 0 Å². The summed E-state index contributed by atoms with van der Waals surface area (Å²) >= 11 is 0. The van der Waals surface area contributed by atoms with Crippen LogP contribution in [0.15, 0.2) is 11.1 Å². The Morgan fingerprint density at radius 2 is 1.53 bits per heavy atom. The SMILES string of the molecule is CC1CCCC(C)N1C(=O)C1=C(C(=O)O)CCCC1. The summed E-state index contributed by atoms with van der Waals surface area (Å²) in [5.41, 5.74) is 0.903. The number of carboxylic acid groups (broad SMARTS) is 1. The zero-order valence-corrected chi connectivity index (χ0v) is 11.8. The predicted molar refractivity (Wildman–Crippen MR) is 72.8 cm³/mol. The van der Waals surface area contributed by atoms with Crippen LogP contribution in [-0.2, 0) is 9.59 Å². The van der Waals surface area contributed by atoms with Gasteiger partial charge in [0, 0.05) is 23.2 Å². The fourth-order valence-corrected chi connectivity index (χ4v) is 3.35. The quantitative estimate of drug-likeness (QED) is 0.835. The molecule has 19 heavy (non-hydrogen) atoms. The van der Waals surface area contributed by atoms with E-state index in [-0.39, 0.29) is 18.0 Å². The third-order valence-electron chi connectivity index (χ3n) is 4.41. The van der Waals surface area contributed by atoms with Crippen LogP contribution in [0.1, 0.15) is 58.8 Å². The summed E-state index contributed by atoms with van der Waals surface area (Å²) in [5, 5.41) is 9.26. The van der Waals surface area contributed by atoms with E-state index in [9.17, 15) is 14.7 Å². The zero-order chi connectivity index (χ0) is 14.0. The first-order valence-electron chi connectivity index (χ1n) is 7.30. The van der Waals surface area contributed by atoms with E-state index in [0.29, 0.717) is 24.0 Å². The third kappa shape index (κ3) is 2.82. The van der Waals surface area contributed by atoms with Gasteiger partial charge in [-0.25, -0.2) is 4.79 Å². The predicted octanol–water partition coefficient (Wildman–Crippen LogP) is 2.73. The summed E-state index contributed by atoms with van der Waals surface area (Å²) in [6.45, 7) is 4.13. The molecule has 4 nitrogen and oxygen atoms in total. The molecule has 2 atom stereocenters. The van der Waals surface area contributed by atoms with Gasteiger partial charge in [0.05, 0.1) is 0 Å². The van der Waals surface area contributed by atoms with Gasteiger partial charge in [0.1, 0.15) is 0 Å². The minimum absolute atomic E-state index is 0.0307. The van der Waals surface area contributed by atoms with Gasteiger partial charge < -0.3 is 10.0 Å². The van der Waals surface area contributed by atoms with Crippen molar-refractivity contribution in [3.8, 4) is 0 Å². The van der Waals surface area contributed by atoms with E-state index in [4.69, 9.17) is 0 Å². The van der Waals surface area contributed by atoms with E-state index in [1.807, 2.05) is 4.90 Å². The lowest BCUT2D eigenvalue weighted by Gasteiger charge is -2.40. The van der Waals surface area contributed by atoms with Crippen LogP contribution in [0, 0.1) is 0 Å². The first-order chi connectivity index (χ1) is 9.02. The number of rotatable bonds is 2. The second-order valence-electron chi connectivity index (χ2n) is 5.81. The van der Waals surface area contributed by atoms with E-state index in [2.05, 4.69) is 13.8 Å². The number of carbonyl (C=O) groups is 2. The number of carbonyl (C=O) groups excluding carboxylic acids is 1. The number of hydrogen-bond acceptors (Lipinski definition) is 2. The summed E-state index contributed by atoms with van der Waals surface area (Å²) in [5.74, 6) is -0.947. The van der Waals surface area contributed by atoms with Crippen molar-refractivity contribution in [1.82, 2.24) is 4.90 Å². The van der Waals surface area contributed by atoms with E-state index < -0.39 is 5.97 Å². The van der Waals surface area contributed by atoms with Crippen LogP contribution in [0.5, 0.6) is 0 Å². The lowest BCUT2D eigenvalue weighted by atomic mass is 9.88. The van der Waals surface area contributed by atoms with Gasteiger partial charge in [0.2, 0.25) is 0 Å². The molecule has 1 fully saturated rings. The van der Waals surface area contributed by atoms with Crippen molar-refractivity contribution in [2.45, 2.75) is 70.9 Å². The summed E-state index contributed by atoms with van der Waals surface area (Å²) in [4.78, 5) is 25.9. The normalized spacial score (nSPS) is 28.4. The van der Waals surface area contributed by atoms with Gasteiger partial charge in [-0.3, -0.25) is 4.79 Å². The maximum absolute atomic E-state index is 12.7. The van der Waals surface area contributed by atoms with Crippen molar-refractivity contribution in [3.63, 3.8) is 0 Å². The molecule has 0 radical (unpaired) electrons. The topological polar surface area (TPSA) is 57.6 Å². The first kappa shape index (κ1) is 14.1. The Morgan fingerprint density at radius 3 is 2.05 bits per heavy atom. The fraction of sp³-hybridized carbons (Fsp3) is 0.733. The van der Waals surface area contributed by atoms with Crippen molar-refractivity contribution >= 4 is 11.9 Å². The highest BCUT2D eigenvalue weighted by molar-refractivity contribution is 6.02. The fourth-order valence-electron chi connectivity index (χ4n) is 3.35. The van der Waals surface area contributed by atoms with E-state index in [0.717, 1.165) is 32.1 Å². The van der Waals surface area contributed by atoms with Crippen molar-refractivity contribution in [1.29, 1.82) is 0 Å². The lowest BCUT2D eigenvalue weighted by Crippen LogP contribution is -2.48. The molecule has 0 saturated carbocycles. The minimum Gasteiger partial charge on any atom is -0.478 e. The van der Waals surface area contributed by atoms with Crippen molar-refractivity contribution in [3.05, 3.63) is 11.1 Å². The molecule has 1 N–H and O–H groups in total. The second kappa shape index (κ2) is 5.76. The molecule has 2 unspecified atom stereocenters. The Labute approximate surface area is 114 Å². The van der Waals surface area contributed by atoms with Crippen LogP contribution < -0.4 is 0 Å². The number of aliphatic carboxylic acids is 1. The molecular formula is C15H23NO3.